The highest BCUT2D eigenvalue weighted by molar-refractivity contribution is 6.10. The normalized spacial score (nSPS) is 12.6. The zero-order chi connectivity index (χ0) is 38.5. The highest BCUT2D eigenvalue weighted by atomic mass is 16.3. The number of phenols is 2. The molecule has 1 aliphatic carbocycles. The number of para-hydroxylation sites is 2. The number of allylic oxidation sites excluding steroid dienone is 2. The molecule has 0 bridgehead atoms. The fraction of sp³-hybridized carbons (Fsp3) is 0. The number of rotatable bonds is 8. The van der Waals surface area contributed by atoms with Crippen LogP contribution in [0, 0.1) is 0 Å². The number of fused-ring (bicyclic) bond motifs is 2. The predicted molar refractivity (Wildman–Crippen MR) is 219 cm³/mol. The monoisotopic (exact) mass is 732 g/mol. The predicted octanol–water partition coefficient (Wildman–Crippen LogP) is 10.7. The van der Waals surface area contributed by atoms with Crippen molar-refractivity contribution in [2.75, 3.05) is 9.80 Å². The average Bonchev–Trinajstić information content (AvgIpc) is 3.22. The SMILES string of the molecule is [O-]c1cc(N(c2ccccc2)c2cccc3ccccc23)cc([O-])c1C1=C(O)C(c2c(O)cc(N(c3ccccc3)c3cccc4ccccc34)cc2O)=C1O. The van der Waals surface area contributed by atoms with Gasteiger partial charge in [-0.3, -0.25) is 0 Å². The van der Waals surface area contributed by atoms with Crippen LogP contribution in [-0.4, -0.2) is 20.4 Å². The van der Waals surface area contributed by atoms with Crippen LogP contribution in [0.1, 0.15) is 11.1 Å². The molecule has 0 saturated carbocycles. The molecular formula is C48H32N2O6-2. The van der Waals surface area contributed by atoms with Crippen LogP contribution in [0.5, 0.6) is 23.0 Å². The lowest BCUT2D eigenvalue weighted by Gasteiger charge is -2.34. The van der Waals surface area contributed by atoms with Crippen LogP contribution in [0.4, 0.5) is 34.1 Å². The number of hydrogen-bond donors (Lipinski definition) is 4. The van der Waals surface area contributed by atoms with Gasteiger partial charge in [0.25, 0.3) is 0 Å². The highest BCUT2D eigenvalue weighted by Gasteiger charge is 2.36. The Morgan fingerprint density at radius 2 is 0.732 bits per heavy atom. The quantitative estimate of drug-likeness (QED) is 0.121. The van der Waals surface area contributed by atoms with Gasteiger partial charge in [0.15, 0.2) is 0 Å². The minimum atomic E-state index is -0.724. The van der Waals surface area contributed by atoms with E-state index in [4.69, 9.17) is 0 Å². The Morgan fingerprint density at radius 3 is 1.20 bits per heavy atom. The number of hydrogen-bond acceptors (Lipinski definition) is 8. The van der Waals surface area contributed by atoms with Crippen LogP contribution >= 0.6 is 0 Å². The Balaban J connectivity index is 1.11. The number of phenolic OH excluding ortho intramolecular Hbond substituents is 2. The number of aromatic hydroxyl groups is 2. The summed E-state index contributed by atoms with van der Waals surface area (Å²) in [5.41, 5.74) is 2.39. The summed E-state index contributed by atoms with van der Waals surface area (Å²) in [5, 5.41) is 77.2. The molecule has 9 rings (SSSR count). The van der Waals surface area contributed by atoms with Gasteiger partial charge in [0, 0.05) is 40.0 Å². The van der Waals surface area contributed by atoms with Gasteiger partial charge >= 0.3 is 0 Å². The molecule has 0 fully saturated rings. The molecular weight excluding hydrogens is 701 g/mol. The van der Waals surface area contributed by atoms with Crippen molar-refractivity contribution in [1.82, 2.24) is 0 Å². The smallest absolute Gasteiger partial charge is 0.138 e. The Labute approximate surface area is 321 Å². The number of aliphatic hydroxyl groups is 2. The lowest BCUT2D eigenvalue weighted by atomic mass is 9.83. The molecule has 8 nitrogen and oxygen atoms in total. The van der Waals surface area contributed by atoms with Gasteiger partial charge in [-0.15, -0.1) is 0 Å². The Hall–Kier alpha value is -7.84. The van der Waals surface area contributed by atoms with Gasteiger partial charge in [0.1, 0.15) is 23.0 Å². The second-order valence-electron chi connectivity index (χ2n) is 13.5. The van der Waals surface area contributed by atoms with Gasteiger partial charge in [-0.25, -0.2) is 0 Å². The molecule has 8 aromatic rings. The number of benzene rings is 8. The molecule has 0 amide bonds. The summed E-state index contributed by atoms with van der Waals surface area (Å²) in [6.07, 6.45) is 0. The topological polar surface area (TPSA) is 134 Å². The summed E-state index contributed by atoms with van der Waals surface area (Å²) in [5.74, 6) is -3.54. The summed E-state index contributed by atoms with van der Waals surface area (Å²) >= 11 is 0. The zero-order valence-electron chi connectivity index (χ0n) is 29.7. The summed E-state index contributed by atoms with van der Waals surface area (Å²) in [7, 11) is 0. The Morgan fingerprint density at radius 1 is 0.357 bits per heavy atom. The minimum absolute atomic E-state index is 0.249. The van der Waals surface area contributed by atoms with Crippen LogP contribution in [0.2, 0.25) is 0 Å². The van der Waals surface area contributed by atoms with Crippen molar-refractivity contribution in [3.8, 4) is 23.0 Å². The molecule has 0 radical (unpaired) electrons. The van der Waals surface area contributed by atoms with Gasteiger partial charge in [-0.2, -0.15) is 0 Å². The van der Waals surface area contributed by atoms with Crippen molar-refractivity contribution in [3.05, 3.63) is 193 Å². The molecule has 8 heteroatoms. The lowest BCUT2D eigenvalue weighted by Crippen LogP contribution is -2.16. The van der Waals surface area contributed by atoms with Crippen LogP contribution in [0.25, 0.3) is 32.7 Å². The first-order chi connectivity index (χ1) is 27.3. The molecule has 0 heterocycles. The fourth-order valence-electron chi connectivity index (χ4n) is 7.63. The van der Waals surface area contributed by atoms with Gasteiger partial charge in [0.2, 0.25) is 0 Å². The largest absolute Gasteiger partial charge is 0.872 e. The molecule has 0 atom stereocenters. The van der Waals surface area contributed by atoms with E-state index in [0.29, 0.717) is 17.1 Å². The van der Waals surface area contributed by atoms with Crippen molar-refractivity contribution in [1.29, 1.82) is 0 Å². The molecule has 0 aliphatic heterocycles. The van der Waals surface area contributed by atoms with Crippen molar-refractivity contribution in [3.63, 3.8) is 0 Å². The van der Waals surface area contributed by atoms with E-state index in [2.05, 4.69) is 0 Å². The third kappa shape index (κ3) is 5.56. The lowest BCUT2D eigenvalue weighted by molar-refractivity contribution is -0.280. The number of anilines is 6. The van der Waals surface area contributed by atoms with E-state index >= 15 is 0 Å². The Kier molecular flexibility index (Phi) is 8.21. The van der Waals surface area contributed by atoms with E-state index in [9.17, 15) is 30.6 Å². The first kappa shape index (κ1) is 34.0. The van der Waals surface area contributed by atoms with E-state index in [0.717, 1.165) is 38.6 Å². The summed E-state index contributed by atoms with van der Waals surface area (Å²) in [4.78, 5) is 3.70. The summed E-state index contributed by atoms with van der Waals surface area (Å²) in [6, 6.07) is 51.6. The molecule has 0 spiro atoms. The second kappa shape index (κ2) is 13.5. The molecule has 0 unspecified atom stereocenters. The van der Waals surface area contributed by atoms with E-state index < -0.39 is 40.1 Å². The van der Waals surface area contributed by atoms with Crippen LogP contribution in [-0.2, 0) is 0 Å². The second-order valence-corrected chi connectivity index (χ2v) is 13.5. The van der Waals surface area contributed by atoms with Crippen molar-refractivity contribution < 1.29 is 30.6 Å². The van der Waals surface area contributed by atoms with Crippen molar-refractivity contribution in [2.45, 2.75) is 0 Å². The summed E-state index contributed by atoms with van der Waals surface area (Å²) in [6.45, 7) is 0. The molecule has 272 valence electrons. The van der Waals surface area contributed by atoms with E-state index in [-0.39, 0.29) is 16.7 Å². The maximum absolute atomic E-state index is 13.9. The maximum atomic E-state index is 13.9. The fourth-order valence-corrected chi connectivity index (χ4v) is 7.63. The maximum Gasteiger partial charge on any atom is 0.138 e. The molecule has 56 heavy (non-hydrogen) atoms. The molecule has 8 aromatic carbocycles. The van der Waals surface area contributed by atoms with Crippen molar-refractivity contribution in [2.24, 2.45) is 0 Å². The van der Waals surface area contributed by atoms with E-state index in [1.807, 2.05) is 155 Å². The van der Waals surface area contributed by atoms with E-state index in [1.54, 1.807) is 0 Å². The number of aliphatic hydroxyl groups excluding tert-OH is 2. The van der Waals surface area contributed by atoms with E-state index in [1.165, 1.54) is 24.3 Å². The van der Waals surface area contributed by atoms with Crippen LogP contribution < -0.4 is 20.0 Å². The average molecular weight is 733 g/mol. The van der Waals surface area contributed by atoms with Gasteiger partial charge in [-0.05, 0) is 64.9 Å². The van der Waals surface area contributed by atoms with Gasteiger partial charge in [0.05, 0.1) is 33.8 Å². The Bertz CT molecular complexity index is 2620. The molecule has 0 saturated heterocycles. The molecule has 0 aromatic heterocycles. The summed E-state index contributed by atoms with van der Waals surface area (Å²) < 4.78 is 0. The first-order valence-electron chi connectivity index (χ1n) is 17.9. The standard InChI is InChI=1S/C48H34N2O6/c51-39-25-33(49(31-17-3-1-4-18-31)37-23-11-15-29-13-7-9-21-35(29)37)26-40(52)43(39)45-47(55)46(48(45)56)44-41(53)27-34(28-42(44)54)50(32-19-5-2-6-20-32)38-24-12-16-30-14-8-10-22-36(30)38/h1-28,51-56H/p-2. The molecule has 4 N–H and O–H groups in total. The third-order valence-electron chi connectivity index (χ3n) is 10.1. The third-order valence-corrected chi connectivity index (χ3v) is 10.1. The van der Waals surface area contributed by atoms with Gasteiger partial charge in [-0.1, -0.05) is 121 Å². The van der Waals surface area contributed by atoms with Crippen LogP contribution in [0.3, 0.4) is 0 Å². The zero-order valence-corrected chi connectivity index (χ0v) is 29.7. The molecule has 1 aliphatic rings. The first-order valence-corrected chi connectivity index (χ1v) is 17.9. The van der Waals surface area contributed by atoms with Crippen molar-refractivity contribution >= 4 is 66.8 Å². The number of nitrogens with zero attached hydrogens (tertiary/aromatic N) is 2. The highest BCUT2D eigenvalue weighted by Crippen LogP contribution is 2.54. The van der Waals surface area contributed by atoms with Crippen LogP contribution in [0.15, 0.2) is 181 Å². The minimum Gasteiger partial charge on any atom is -0.872 e. The van der Waals surface area contributed by atoms with Gasteiger partial charge < -0.3 is 40.4 Å².